The molecule has 0 bridgehead atoms. The zero-order valence-electron chi connectivity index (χ0n) is 16.6. The van der Waals surface area contributed by atoms with Gasteiger partial charge < -0.3 is 10.1 Å². The Hall–Kier alpha value is -3.91. The quantitative estimate of drug-likeness (QED) is 0.617. The topological polar surface area (TPSA) is 79.2 Å². The van der Waals surface area contributed by atoms with E-state index in [1.165, 1.54) is 7.11 Å². The summed E-state index contributed by atoms with van der Waals surface area (Å²) in [7, 11) is 1.28. The fourth-order valence-corrected chi connectivity index (χ4v) is 3.40. The molecule has 0 aliphatic rings. The van der Waals surface area contributed by atoms with Crippen molar-refractivity contribution < 1.29 is 14.3 Å². The molecule has 3 aromatic rings. The average molecular weight is 398 g/mol. The first-order valence-corrected chi connectivity index (χ1v) is 9.60. The summed E-state index contributed by atoms with van der Waals surface area (Å²) in [5.41, 5.74) is 2.78. The maximum absolute atomic E-state index is 13.3. The van der Waals surface area contributed by atoms with Crippen LogP contribution in [0.5, 0.6) is 0 Å². The molecule has 0 radical (unpaired) electrons. The lowest BCUT2D eigenvalue weighted by Crippen LogP contribution is -2.45. The Labute approximate surface area is 175 Å². The molecule has 3 aromatic carbocycles. The van der Waals surface area contributed by atoms with Crippen molar-refractivity contribution in [1.29, 1.82) is 5.26 Å². The fourth-order valence-electron chi connectivity index (χ4n) is 3.40. The molecule has 30 heavy (non-hydrogen) atoms. The highest BCUT2D eigenvalue weighted by atomic mass is 16.5. The standard InChI is InChI=1S/C25H22N2O3/c1-30-25(29)22(16-20-14-8-9-15-21(20)17-26)27-24(28)23(18-10-4-2-5-11-18)19-12-6-3-7-13-19/h2-15,22-23H,16H2,1H3,(H,27,28)/t22-/m1/s1. The van der Waals surface area contributed by atoms with Crippen molar-refractivity contribution in [2.45, 2.75) is 18.4 Å². The van der Waals surface area contributed by atoms with Gasteiger partial charge in [0, 0.05) is 6.42 Å². The molecule has 5 heteroatoms. The summed E-state index contributed by atoms with van der Waals surface area (Å²) in [4.78, 5) is 25.8. The van der Waals surface area contributed by atoms with Crippen LogP contribution in [0.25, 0.3) is 0 Å². The molecule has 150 valence electrons. The zero-order valence-corrected chi connectivity index (χ0v) is 16.6. The van der Waals surface area contributed by atoms with Crippen molar-refractivity contribution in [3.05, 3.63) is 107 Å². The van der Waals surface area contributed by atoms with Gasteiger partial charge in [-0.1, -0.05) is 78.9 Å². The molecule has 1 N–H and O–H groups in total. The van der Waals surface area contributed by atoms with Crippen LogP contribution in [0.15, 0.2) is 84.9 Å². The molecule has 1 atom stereocenters. The van der Waals surface area contributed by atoms with Crippen LogP contribution in [0.3, 0.4) is 0 Å². The molecule has 0 heterocycles. The number of carbonyl (C=O) groups is 2. The van der Waals surface area contributed by atoms with E-state index in [0.29, 0.717) is 11.1 Å². The number of rotatable bonds is 7. The van der Waals surface area contributed by atoms with Gasteiger partial charge in [0.05, 0.1) is 24.7 Å². The van der Waals surface area contributed by atoms with Gasteiger partial charge in [-0.25, -0.2) is 4.79 Å². The SMILES string of the molecule is COC(=O)[C@@H](Cc1ccccc1C#N)NC(=O)C(c1ccccc1)c1ccccc1. The first kappa shape index (κ1) is 20.8. The third-order valence-electron chi connectivity index (χ3n) is 4.89. The molecule has 3 rings (SSSR count). The summed E-state index contributed by atoms with van der Waals surface area (Å²) >= 11 is 0. The van der Waals surface area contributed by atoms with Gasteiger partial charge in [0.25, 0.3) is 0 Å². The lowest BCUT2D eigenvalue weighted by Gasteiger charge is -2.22. The summed E-state index contributed by atoms with van der Waals surface area (Å²) in [5.74, 6) is -1.45. The number of nitrogens with one attached hydrogen (secondary N) is 1. The summed E-state index contributed by atoms with van der Waals surface area (Å²) in [5, 5.41) is 12.2. The first-order valence-electron chi connectivity index (χ1n) is 9.60. The molecule has 0 fully saturated rings. The second-order valence-electron chi connectivity index (χ2n) is 6.81. The molecular formula is C25H22N2O3. The van der Waals surface area contributed by atoms with E-state index in [1.807, 2.05) is 60.7 Å². The van der Waals surface area contributed by atoms with E-state index in [2.05, 4.69) is 11.4 Å². The number of esters is 1. The maximum Gasteiger partial charge on any atom is 0.328 e. The molecule has 0 aliphatic carbocycles. The largest absolute Gasteiger partial charge is 0.467 e. The lowest BCUT2D eigenvalue weighted by molar-refractivity contribution is -0.145. The molecule has 0 spiro atoms. The first-order chi connectivity index (χ1) is 14.6. The van der Waals surface area contributed by atoms with E-state index in [0.717, 1.165) is 11.1 Å². The maximum atomic E-state index is 13.3. The van der Waals surface area contributed by atoms with Gasteiger partial charge in [-0.05, 0) is 22.8 Å². The van der Waals surface area contributed by atoms with Crippen molar-refractivity contribution in [1.82, 2.24) is 5.32 Å². The van der Waals surface area contributed by atoms with Gasteiger partial charge in [-0.15, -0.1) is 0 Å². The third-order valence-corrected chi connectivity index (χ3v) is 4.89. The highest BCUT2D eigenvalue weighted by Gasteiger charge is 2.29. The summed E-state index contributed by atoms with van der Waals surface area (Å²) in [6.45, 7) is 0. The number of carbonyl (C=O) groups excluding carboxylic acids is 2. The Balaban J connectivity index is 1.91. The van der Waals surface area contributed by atoms with Gasteiger partial charge in [-0.2, -0.15) is 5.26 Å². The molecule has 5 nitrogen and oxygen atoms in total. The molecule has 0 aliphatic heterocycles. The Kier molecular flexibility index (Phi) is 6.96. The van der Waals surface area contributed by atoms with E-state index < -0.39 is 17.9 Å². The van der Waals surface area contributed by atoms with Crippen molar-refractivity contribution in [3.8, 4) is 6.07 Å². The van der Waals surface area contributed by atoms with E-state index in [4.69, 9.17) is 4.74 Å². The van der Waals surface area contributed by atoms with Crippen LogP contribution in [0.4, 0.5) is 0 Å². The number of nitrogens with zero attached hydrogens (tertiary/aromatic N) is 1. The number of ether oxygens (including phenoxy) is 1. The number of amides is 1. The molecule has 0 unspecified atom stereocenters. The number of benzene rings is 3. The van der Waals surface area contributed by atoms with Crippen molar-refractivity contribution in [3.63, 3.8) is 0 Å². The Morgan fingerprint density at radius 2 is 1.43 bits per heavy atom. The average Bonchev–Trinajstić information content (AvgIpc) is 2.80. The predicted molar refractivity (Wildman–Crippen MR) is 114 cm³/mol. The van der Waals surface area contributed by atoms with Gasteiger partial charge in [-0.3, -0.25) is 4.79 Å². The highest BCUT2D eigenvalue weighted by Crippen LogP contribution is 2.25. The van der Waals surface area contributed by atoms with Crippen LogP contribution in [-0.2, 0) is 20.7 Å². The van der Waals surface area contributed by atoms with Crippen LogP contribution in [0.2, 0.25) is 0 Å². The molecule has 0 saturated carbocycles. The zero-order chi connectivity index (χ0) is 21.3. The second-order valence-corrected chi connectivity index (χ2v) is 6.81. The Morgan fingerprint density at radius 1 is 0.900 bits per heavy atom. The van der Waals surface area contributed by atoms with E-state index >= 15 is 0 Å². The molecule has 0 aromatic heterocycles. The molecule has 0 saturated heterocycles. The minimum atomic E-state index is -0.910. The van der Waals surface area contributed by atoms with Gasteiger partial charge in [0.15, 0.2) is 0 Å². The van der Waals surface area contributed by atoms with Crippen LogP contribution < -0.4 is 5.32 Å². The van der Waals surface area contributed by atoms with Crippen molar-refractivity contribution in [2.24, 2.45) is 0 Å². The van der Waals surface area contributed by atoms with Gasteiger partial charge in [0.1, 0.15) is 6.04 Å². The minimum Gasteiger partial charge on any atom is -0.467 e. The number of hydrogen-bond acceptors (Lipinski definition) is 4. The minimum absolute atomic E-state index is 0.165. The molecule has 1 amide bonds. The number of nitriles is 1. The highest BCUT2D eigenvalue weighted by molar-refractivity contribution is 5.91. The van der Waals surface area contributed by atoms with Crippen molar-refractivity contribution >= 4 is 11.9 Å². The number of methoxy groups -OCH3 is 1. The smallest absolute Gasteiger partial charge is 0.328 e. The lowest BCUT2D eigenvalue weighted by atomic mass is 9.90. The van der Waals surface area contributed by atoms with Crippen LogP contribution in [0.1, 0.15) is 28.2 Å². The number of hydrogen-bond donors (Lipinski definition) is 1. The van der Waals surface area contributed by atoms with Crippen molar-refractivity contribution in [2.75, 3.05) is 7.11 Å². The van der Waals surface area contributed by atoms with E-state index in [-0.39, 0.29) is 12.3 Å². The van der Waals surface area contributed by atoms with Crippen LogP contribution in [-0.4, -0.2) is 25.0 Å². The summed E-state index contributed by atoms with van der Waals surface area (Å²) < 4.78 is 4.91. The van der Waals surface area contributed by atoms with Crippen LogP contribution in [0, 0.1) is 11.3 Å². The predicted octanol–water partition coefficient (Wildman–Crippen LogP) is 3.59. The van der Waals surface area contributed by atoms with E-state index in [1.54, 1.807) is 24.3 Å². The summed E-state index contributed by atoms with van der Waals surface area (Å²) in [6.07, 6.45) is 0.165. The summed E-state index contributed by atoms with van der Waals surface area (Å²) in [6, 6.07) is 27.0. The second kappa shape index (κ2) is 10.0. The van der Waals surface area contributed by atoms with Crippen LogP contribution >= 0.6 is 0 Å². The van der Waals surface area contributed by atoms with E-state index in [9.17, 15) is 14.9 Å². The fraction of sp³-hybridized carbons (Fsp3) is 0.160. The Bertz CT molecular complexity index is 1000. The van der Waals surface area contributed by atoms with Gasteiger partial charge in [0.2, 0.25) is 5.91 Å². The Morgan fingerprint density at radius 3 is 1.97 bits per heavy atom. The molecular weight excluding hydrogens is 376 g/mol. The normalized spacial score (nSPS) is 11.4. The monoisotopic (exact) mass is 398 g/mol. The third kappa shape index (κ3) is 4.92. The van der Waals surface area contributed by atoms with Gasteiger partial charge >= 0.3 is 5.97 Å².